The van der Waals surface area contributed by atoms with E-state index in [9.17, 15) is 14.4 Å². The van der Waals surface area contributed by atoms with Gasteiger partial charge in [0.1, 0.15) is 18.2 Å². The third-order valence-corrected chi connectivity index (χ3v) is 4.73. The summed E-state index contributed by atoms with van der Waals surface area (Å²) in [6.07, 6.45) is 0.946. The summed E-state index contributed by atoms with van der Waals surface area (Å²) in [5, 5.41) is 2.60. The van der Waals surface area contributed by atoms with Crippen molar-refractivity contribution in [2.24, 2.45) is 5.92 Å². The lowest BCUT2D eigenvalue weighted by Crippen LogP contribution is -2.47. The largest absolute Gasteiger partial charge is 0.467 e. The number of carbonyl (C=O) groups is 3. The number of benzene rings is 1. The van der Waals surface area contributed by atoms with Gasteiger partial charge in [0.05, 0.1) is 7.11 Å². The molecular weight excluding hydrogens is 388 g/mol. The van der Waals surface area contributed by atoms with Crippen LogP contribution >= 0.6 is 0 Å². The molecule has 1 heterocycles. The van der Waals surface area contributed by atoms with Crippen LogP contribution in [0.1, 0.15) is 45.6 Å². The Kier molecular flexibility index (Phi) is 8.50. The van der Waals surface area contributed by atoms with E-state index in [1.54, 1.807) is 4.90 Å². The lowest BCUT2D eigenvalue weighted by atomic mass is 9.91. The number of nitrogens with one attached hydrogen (secondary N) is 1. The van der Waals surface area contributed by atoms with Gasteiger partial charge in [0.25, 0.3) is 0 Å². The number of likely N-dealkylation sites (tertiary alicyclic amines) is 1. The normalized spacial score (nSPS) is 17.6. The molecule has 0 aliphatic carbocycles. The quantitative estimate of drug-likeness (QED) is 0.559. The first-order chi connectivity index (χ1) is 14.2. The molecule has 8 nitrogen and oxygen atoms in total. The number of methoxy groups -OCH3 is 1. The van der Waals surface area contributed by atoms with Gasteiger partial charge in [-0.05, 0) is 51.5 Å². The van der Waals surface area contributed by atoms with Crippen LogP contribution in [0.5, 0.6) is 0 Å². The molecule has 1 aromatic rings. The summed E-state index contributed by atoms with van der Waals surface area (Å²) in [4.78, 5) is 38.4. The molecule has 1 aliphatic rings. The molecule has 0 aromatic heterocycles. The molecule has 0 saturated carbocycles. The summed E-state index contributed by atoms with van der Waals surface area (Å²) < 4.78 is 15.5. The Balaban J connectivity index is 1.90. The van der Waals surface area contributed by atoms with Gasteiger partial charge in [-0.2, -0.15) is 0 Å². The first-order valence-electron chi connectivity index (χ1n) is 10.2. The molecule has 8 heteroatoms. The number of hydrogen-bond donors (Lipinski definition) is 1. The number of ether oxygens (including phenoxy) is 3. The number of amides is 2. The first kappa shape index (κ1) is 23.5. The highest BCUT2D eigenvalue weighted by molar-refractivity contribution is 5.81. The minimum absolute atomic E-state index is 0.0322. The number of esters is 1. The number of hydrogen-bond acceptors (Lipinski definition) is 6. The fourth-order valence-corrected chi connectivity index (χ4v) is 3.35. The van der Waals surface area contributed by atoms with Crippen molar-refractivity contribution in [3.05, 3.63) is 35.9 Å². The summed E-state index contributed by atoms with van der Waals surface area (Å²) in [7, 11) is 1.28. The van der Waals surface area contributed by atoms with Crippen molar-refractivity contribution >= 4 is 18.2 Å². The maximum Gasteiger partial charge on any atom is 0.410 e. The molecule has 1 aromatic carbocycles. The van der Waals surface area contributed by atoms with E-state index in [4.69, 9.17) is 14.2 Å². The minimum atomic E-state index is -0.846. The number of carbonyl (C=O) groups excluding carboxylic acids is 3. The summed E-state index contributed by atoms with van der Waals surface area (Å²) in [5.41, 5.74) is 0.283. The van der Waals surface area contributed by atoms with Crippen LogP contribution in [0.25, 0.3) is 0 Å². The minimum Gasteiger partial charge on any atom is -0.467 e. The summed E-state index contributed by atoms with van der Waals surface area (Å²) in [5.74, 6) is -0.508. The van der Waals surface area contributed by atoms with Crippen molar-refractivity contribution in [2.75, 3.05) is 20.2 Å². The van der Waals surface area contributed by atoms with E-state index >= 15 is 0 Å². The lowest BCUT2D eigenvalue weighted by molar-refractivity contribution is -0.143. The van der Waals surface area contributed by atoms with E-state index in [2.05, 4.69) is 5.32 Å². The van der Waals surface area contributed by atoms with Crippen LogP contribution in [-0.2, 0) is 25.6 Å². The SMILES string of the molecule is COC(=O)[C@H](CC1CCCN(C(=O)OC(C)(C)C)C1)NC(=O)OCc1ccccc1. The van der Waals surface area contributed by atoms with Crippen LogP contribution in [0.2, 0.25) is 0 Å². The van der Waals surface area contributed by atoms with E-state index < -0.39 is 23.7 Å². The third kappa shape index (κ3) is 7.93. The molecule has 2 rings (SSSR count). The van der Waals surface area contributed by atoms with Gasteiger partial charge in [-0.15, -0.1) is 0 Å². The van der Waals surface area contributed by atoms with E-state index in [0.29, 0.717) is 19.5 Å². The average Bonchev–Trinajstić information content (AvgIpc) is 2.71. The molecule has 1 unspecified atom stereocenters. The predicted octanol–water partition coefficient (Wildman–Crippen LogP) is 3.49. The molecule has 2 amide bonds. The summed E-state index contributed by atoms with van der Waals surface area (Å²) in [6.45, 7) is 6.65. The molecule has 166 valence electrons. The fourth-order valence-electron chi connectivity index (χ4n) is 3.35. The van der Waals surface area contributed by atoms with Crippen LogP contribution in [-0.4, -0.2) is 54.9 Å². The average molecular weight is 421 g/mol. The number of alkyl carbamates (subject to hydrolysis) is 1. The summed E-state index contributed by atoms with van der Waals surface area (Å²) >= 11 is 0. The zero-order valence-corrected chi connectivity index (χ0v) is 18.2. The van der Waals surface area contributed by atoms with Crippen molar-refractivity contribution in [1.82, 2.24) is 10.2 Å². The highest BCUT2D eigenvalue weighted by Gasteiger charge is 2.32. The Morgan fingerprint density at radius 1 is 1.20 bits per heavy atom. The Hall–Kier alpha value is -2.77. The van der Waals surface area contributed by atoms with Crippen LogP contribution in [0.3, 0.4) is 0 Å². The Morgan fingerprint density at radius 2 is 1.90 bits per heavy atom. The smallest absolute Gasteiger partial charge is 0.410 e. The van der Waals surface area contributed by atoms with Crippen LogP contribution in [0.15, 0.2) is 30.3 Å². The van der Waals surface area contributed by atoms with E-state index in [1.807, 2.05) is 51.1 Å². The molecule has 30 heavy (non-hydrogen) atoms. The Morgan fingerprint density at radius 3 is 2.53 bits per heavy atom. The number of nitrogens with zero attached hydrogens (tertiary/aromatic N) is 1. The van der Waals surface area contributed by atoms with Gasteiger partial charge in [0.15, 0.2) is 0 Å². The second kappa shape index (κ2) is 10.8. The second-order valence-corrected chi connectivity index (χ2v) is 8.45. The van der Waals surface area contributed by atoms with Crippen molar-refractivity contribution in [3.63, 3.8) is 0 Å². The van der Waals surface area contributed by atoms with Gasteiger partial charge < -0.3 is 24.4 Å². The van der Waals surface area contributed by atoms with Crippen molar-refractivity contribution in [2.45, 2.75) is 58.3 Å². The molecule has 2 atom stereocenters. The second-order valence-electron chi connectivity index (χ2n) is 8.45. The van der Waals surface area contributed by atoms with Crippen molar-refractivity contribution in [3.8, 4) is 0 Å². The van der Waals surface area contributed by atoms with Crippen molar-refractivity contribution in [1.29, 1.82) is 0 Å². The maximum atomic E-state index is 12.4. The van der Waals surface area contributed by atoms with Crippen LogP contribution in [0.4, 0.5) is 9.59 Å². The molecule has 1 saturated heterocycles. The van der Waals surface area contributed by atoms with E-state index in [1.165, 1.54) is 7.11 Å². The van der Waals surface area contributed by atoms with Gasteiger partial charge in [-0.3, -0.25) is 0 Å². The third-order valence-electron chi connectivity index (χ3n) is 4.73. The highest BCUT2D eigenvalue weighted by atomic mass is 16.6. The monoisotopic (exact) mass is 420 g/mol. The van der Waals surface area contributed by atoms with Gasteiger partial charge in [-0.25, -0.2) is 14.4 Å². The lowest BCUT2D eigenvalue weighted by Gasteiger charge is -2.35. The highest BCUT2D eigenvalue weighted by Crippen LogP contribution is 2.23. The Bertz CT molecular complexity index is 716. The van der Waals surface area contributed by atoms with Gasteiger partial charge in [-0.1, -0.05) is 30.3 Å². The first-order valence-corrected chi connectivity index (χ1v) is 10.2. The zero-order valence-electron chi connectivity index (χ0n) is 18.2. The van der Waals surface area contributed by atoms with Gasteiger partial charge >= 0.3 is 18.2 Å². The molecular formula is C22H32N2O6. The molecule has 0 radical (unpaired) electrons. The molecule has 1 N–H and O–H groups in total. The standard InChI is InChI=1S/C22H32N2O6/c1-22(2,3)30-21(27)24-12-8-11-17(14-24)13-18(19(25)28-4)23-20(26)29-15-16-9-6-5-7-10-16/h5-7,9-10,17-18H,8,11-15H2,1-4H3,(H,23,26)/t17?,18-/m0/s1. The van der Waals surface area contributed by atoms with Crippen molar-refractivity contribution < 1.29 is 28.6 Å². The predicted molar refractivity (Wildman–Crippen MR) is 111 cm³/mol. The molecule has 0 spiro atoms. The number of piperidine rings is 1. The van der Waals surface area contributed by atoms with E-state index in [0.717, 1.165) is 18.4 Å². The zero-order chi connectivity index (χ0) is 22.1. The topological polar surface area (TPSA) is 94.2 Å². The number of rotatable bonds is 6. The van der Waals surface area contributed by atoms with Crippen LogP contribution in [0, 0.1) is 5.92 Å². The summed E-state index contributed by atoms with van der Waals surface area (Å²) in [6, 6.07) is 8.43. The van der Waals surface area contributed by atoms with E-state index in [-0.39, 0.29) is 18.6 Å². The fraction of sp³-hybridized carbons (Fsp3) is 0.591. The molecule has 0 bridgehead atoms. The Labute approximate surface area is 177 Å². The maximum absolute atomic E-state index is 12.4. The van der Waals surface area contributed by atoms with Gasteiger partial charge in [0, 0.05) is 13.1 Å². The molecule has 1 aliphatic heterocycles. The molecule has 1 fully saturated rings. The van der Waals surface area contributed by atoms with Gasteiger partial charge in [0.2, 0.25) is 0 Å². The van der Waals surface area contributed by atoms with Crippen LogP contribution < -0.4 is 5.32 Å².